The third-order valence-electron chi connectivity index (χ3n) is 3.37. The summed E-state index contributed by atoms with van der Waals surface area (Å²) < 4.78 is 2.76. The topological polar surface area (TPSA) is 73.6 Å². The van der Waals surface area contributed by atoms with Gasteiger partial charge >= 0.3 is 0 Å². The van der Waals surface area contributed by atoms with Crippen LogP contribution in [-0.4, -0.2) is 30.8 Å². The number of rotatable bonds is 3. The summed E-state index contributed by atoms with van der Waals surface area (Å²) in [5, 5.41) is 0. The molecule has 3 aromatic heterocycles. The highest BCUT2D eigenvalue weighted by molar-refractivity contribution is 8.00. The molecule has 0 N–H and O–H groups in total. The summed E-state index contributed by atoms with van der Waals surface area (Å²) in [7, 11) is 0. The maximum Gasteiger partial charge on any atom is 0.280 e. The molecule has 0 saturated carbocycles. The van der Waals surface area contributed by atoms with Crippen molar-refractivity contribution in [2.75, 3.05) is 6.26 Å². The summed E-state index contributed by atoms with van der Waals surface area (Å²) in [4.78, 5) is 30.5. The Labute approximate surface area is 145 Å². The summed E-state index contributed by atoms with van der Waals surface area (Å²) in [6.07, 6.45) is 5.14. The van der Waals surface area contributed by atoms with Crippen LogP contribution in [0.2, 0.25) is 0 Å². The molecule has 6 nitrogen and oxygen atoms in total. The summed E-state index contributed by atoms with van der Waals surface area (Å²) in [5.41, 5.74) is 1.06. The second kappa shape index (κ2) is 6.14. The van der Waals surface area contributed by atoms with Crippen molar-refractivity contribution in [1.29, 1.82) is 0 Å². The van der Waals surface area contributed by atoms with Gasteiger partial charge in [-0.3, -0.25) is 4.79 Å². The van der Waals surface area contributed by atoms with Gasteiger partial charge in [-0.25, -0.2) is 24.5 Å². The molecule has 0 aliphatic carbocycles. The Hall–Kier alpha value is -2.58. The highest BCUT2D eigenvalue weighted by Crippen LogP contribution is 2.27. The first-order valence-electron chi connectivity index (χ1n) is 7.08. The largest absolute Gasteiger partial charge is 0.280 e. The van der Waals surface area contributed by atoms with Gasteiger partial charge in [-0.05, 0) is 12.3 Å². The molecule has 1 aromatic carbocycles. The summed E-state index contributed by atoms with van der Waals surface area (Å²) >= 11 is 2.83. The lowest BCUT2D eigenvalue weighted by Gasteiger charge is -2.10. The predicted molar refractivity (Wildman–Crippen MR) is 95.8 cm³/mol. The number of hydrogen-bond donors (Lipinski definition) is 0. The number of thiazole rings is 1. The van der Waals surface area contributed by atoms with Crippen molar-refractivity contribution in [3.8, 4) is 17.3 Å². The molecular formula is C16H11N5OS2. The number of fused-ring (bicyclic) bond motifs is 1. The molecule has 0 aliphatic heterocycles. The van der Waals surface area contributed by atoms with Crippen molar-refractivity contribution >= 4 is 33.4 Å². The highest BCUT2D eigenvalue weighted by atomic mass is 32.2. The van der Waals surface area contributed by atoms with Crippen LogP contribution in [0.3, 0.4) is 0 Å². The number of benzene rings is 1. The molecule has 24 heavy (non-hydrogen) atoms. The third kappa shape index (κ3) is 2.49. The van der Waals surface area contributed by atoms with Gasteiger partial charge in [0.05, 0.1) is 0 Å². The molecule has 0 saturated heterocycles. The first-order chi connectivity index (χ1) is 11.8. The van der Waals surface area contributed by atoms with Crippen molar-refractivity contribution in [3.63, 3.8) is 0 Å². The molecule has 0 amide bonds. The Bertz CT molecular complexity index is 1060. The number of thioether (sulfide) groups is 1. The third-order valence-corrected chi connectivity index (χ3v) is 5.39. The average Bonchev–Trinajstić information content (AvgIpc) is 3.07. The van der Waals surface area contributed by atoms with Crippen LogP contribution in [0.15, 0.2) is 57.9 Å². The van der Waals surface area contributed by atoms with E-state index in [1.165, 1.54) is 27.7 Å². The lowest BCUT2D eigenvalue weighted by Crippen LogP contribution is -2.23. The van der Waals surface area contributed by atoms with Gasteiger partial charge < -0.3 is 0 Å². The number of nitrogens with zero attached hydrogens (tertiary/aromatic N) is 5. The molecule has 3 heterocycles. The van der Waals surface area contributed by atoms with Gasteiger partial charge in [0.2, 0.25) is 5.95 Å². The number of aromatic nitrogens is 5. The zero-order chi connectivity index (χ0) is 16.5. The number of hydrogen-bond acceptors (Lipinski definition) is 7. The van der Waals surface area contributed by atoms with Crippen LogP contribution in [0.5, 0.6) is 0 Å². The van der Waals surface area contributed by atoms with Crippen LogP contribution in [0.1, 0.15) is 0 Å². The normalized spacial score (nSPS) is 11.0. The molecule has 0 radical (unpaired) electrons. The lowest BCUT2D eigenvalue weighted by molar-refractivity contribution is 0.881. The molecule has 0 atom stereocenters. The van der Waals surface area contributed by atoms with Crippen LogP contribution in [0.25, 0.3) is 27.7 Å². The summed E-state index contributed by atoms with van der Waals surface area (Å²) in [6.45, 7) is 0. The van der Waals surface area contributed by atoms with Crippen molar-refractivity contribution in [1.82, 2.24) is 24.5 Å². The van der Waals surface area contributed by atoms with E-state index in [2.05, 4.69) is 19.9 Å². The smallest absolute Gasteiger partial charge is 0.267 e. The predicted octanol–water partition coefficient (Wildman–Crippen LogP) is 3.02. The minimum atomic E-state index is -0.206. The van der Waals surface area contributed by atoms with Gasteiger partial charge in [-0.2, -0.15) is 0 Å². The fraction of sp³-hybridized carbons (Fsp3) is 0.0625. The maximum absolute atomic E-state index is 13.1. The highest BCUT2D eigenvalue weighted by Gasteiger charge is 2.18. The SMILES string of the molecule is CSc1nc2nc(-c3ccccc3)n(-c3ncccn3)c(=O)c2s1. The Morgan fingerprint density at radius 3 is 2.50 bits per heavy atom. The van der Waals surface area contributed by atoms with E-state index >= 15 is 0 Å². The molecule has 0 fully saturated rings. The van der Waals surface area contributed by atoms with Crippen LogP contribution in [0, 0.1) is 0 Å². The van der Waals surface area contributed by atoms with E-state index in [0.29, 0.717) is 22.1 Å². The van der Waals surface area contributed by atoms with Gasteiger partial charge in [-0.15, -0.1) is 11.3 Å². The van der Waals surface area contributed by atoms with E-state index < -0.39 is 0 Å². The molecule has 0 aliphatic rings. The summed E-state index contributed by atoms with van der Waals surface area (Å²) in [6, 6.07) is 11.2. The molecule has 0 unspecified atom stereocenters. The van der Waals surface area contributed by atoms with E-state index in [9.17, 15) is 4.79 Å². The Balaban J connectivity index is 2.10. The van der Waals surface area contributed by atoms with Gasteiger partial charge in [0.25, 0.3) is 5.56 Å². The average molecular weight is 353 g/mol. The van der Waals surface area contributed by atoms with Crippen LogP contribution < -0.4 is 5.56 Å². The Kier molecular flexibility index (Phi) is 3.83. The zero-order valence-corrected chi connectivity index (χ0v) is 14.2. The standard InChI is InChI=1S/C16H11N5OS2/c1-23-16-20-12-11(24-16)14(22)21(15-17-8-5-9-18-15)13(19-12)10-6-3-2-4-7-10/h2-9H,1H3. The fourth-order valence-electron chi connectivity index (χ4n) is 2.32. The minimum Gasteiger partial charge on any atom is -0.267 e. The van der Waals surface area contributed by atoms with Crippen molar-refractivity contribution in [3.05, 3.63) is 59.1 Å². The van der Waals surface area contributed by atoms with E-state index in [1.807, 2.05) is 36.6 Å². The Morgan fingerprint density at radius 2 is 1.79 bits per heavy atom. The van der Waals surface area contributed by atoms with E-state index in [4.69, 9.17) is 0 Å². The second-order valence-corrected chi connectivity index (χ2v) is 6.88. The maximum atomic E-state index is 13.1. The molecule has 0 bridgehead atoms. The molecule has 4 rings (SSSR count). The van der Waals surface area contributed by atoms with Crippen molar-refractivity contribution < 1.29 is 0 Å². The van der Waals surface area contributed by atoms with Crippen LogP contribution in [0.4, 0.5) is 0 Å². The van der Waals surface area contributed by atoms with Crippen LogP contribution in [-0.2, 0) is 0 Å². The van der Waals surface area contributed by atoms with Gasteiger partial charge in [0, 0.05) is 18.0 Å². The van der Waals surface area contributed by atoms with E-state index in [1.54, 1.807) is 18.5 Å². The van der Waals surface area contributed by atoms with Gasteiger partial charge in [0.1, 0.15) is 4.70 Å². The van der Waals surface area contributed by atoms with Crippen molar-refractivity contribution in [2.45, 2.75) is 4.34 Å². The zero-order valence-electron chi connectivity index (χ0n) is 12.6. The van der Waals surface area contributed by atoms with Gasteiger partial charge in [-0.1, -0.05) is 42.1 Å². The molecule has 4 aromatic rings. The van der Waals surface area contributed by atoms with E-state index in [-0.39, 0.29) is 5.56 Å². The van der Waals surface area contributed by atoms with Gasteiger partial charge in [0.15, 0.2) is 15.8 Å². The minimum absolute atomic E-state index is 0.206. The van der Waals surface area contributed by atoms with Crippen LogP contribution >= 0.6 is 23.1 Å². The second-order valence-electron chi connectivity index (χ2n) is 4.83. The lowest BCUT2D eigenvalue weighted by atomic mass is 10.2. The monoisotopic (exact) mass is 353 g/mol. The molecular weight excluding hydrogens is 342 g/mol. The van der Waals surface area contributed by atoms with E-state index in [0.717, 1.165) is 9.90 Å². The molecule has 118 valence electrons. The fourth-order valence-corrected chi connectivity index (χ4v) is 3.75. The first-order valence-corrected chi connectivity index (χ1v) is 9.12. The molecule has 8 heteroatoms. The van der Waals surface area contributed by atoms with Crippen molar-refractivity contribution in [2.24, 2.45) is 0 Å². The summed E-state index contributed by atoms with van der Waals surface area (Å²) in [5.74, 6) is 0.784. The Morgan fingerprint density at radius 1 is 1.04 bits per heavy atom. The quantitative estimate of drug-likeness (QED) is 0.527. The molecule has 0 spiro atoms. The first kappa shape index (κ1) is 15.0.